The fraction of sp³-hybridized carbons (Fsp3) is 0.357. The van der Waals surface area contributed by atoms with E-state index in [0.717, 1.165) is 12.6 Å². The van der Waals surface area contributed by atoms with Crippen LogP contribution < -0.4 is 5.32 Å². The Morgan fingerprint density at radius 2 is 2.15 bits per heavy atom. The number of benzene rings is 1. The number of carbonyl (C=O) groups is 1. The number of amides is 1. The van der Waals surface area contributed by atoms with E-state index < -0.39 is 11.6 Å². The average molecular weight is 279 g/mol. The van der Waals surface area contributed by atoms with Gasteiger partial charge in [-0.2, -0.15) is 0 Å². The van der Waals surface area contributed by atoms with E-state index in [1.807, 2.05) is 6.92 Å². The lowest BCUT2D eigenvalue weighted by atomic mass is 10.2. The molecule has 3 rings (SSSR count). The molecular weight excluding hydrogens is 264 g/mol. The van der Waals surface area contributed by atoms with Gasteiger partial charge in [-0.05, 0) is 19.1 Å². The minimum absolute atomic E-state index is 0.165. The molecule has 0 spiro atoms. The van der Waals surface area contributed by atoms with Crippen LogP contribution in [0.25, 0.3) is 10.9 Å². The second-order valence-corrected chi connectivity index (χ2v) is 5.14. The van der Waals surface area contributed by atoms with Crippen LogP contribution in [-0.2, 0) is 0 Å². The van der Waals surface area contributed by atoms with Crippen molar-refractivity contribution < 1.29 is 13.6 Å². The number of H-pyrrole nitrogens is 1. The highest BCUT2D eigenvalue weighted by molar-refractivity contribution is 5.98. The molecule has 2 N–H and O–H groups in total. The Morgan fingerprint density at radius 1 is 1.35 bits per heavy atom. The molecule has 1 aliphatic heterocycles. The van der Waals surface area contributed by atoms with Crippen molar-refractivity contribution >= 4 is 16.8 Å². The second-order valence-electron chi connectivity index (χ2n) is 5.14. The predicted octanol–water partition coefficient (Wildman–Crippen LogP) is 1.88. The first-order valence-corrected chi connectivity index (χ1v) is 6.55. The van der Waals surface area contributed by atoms with E-state index in [9.17, 15) is 13.6 Å². The van der Waals surface area contributed by atoms with Crippen LogP contribution in [0.3, 0.4) is 0 Å². The van der Waals surface area contributed by atoms with Crippen molar-refractivity contribution in [2.45, 2.75) is 13.0 Å². The van der Waals surface area contributed by atoms with E-state index in [2.05, 4.69) is 10.3 Å². The van der Waals surface area contributed by atoms with Gasteiger partial charge in [0.2, 0.25) is 0 Å². The molecule has 106 valence electrons. The molecule has 6 heteroatoms. The Labute approximate surface area is 114 Å². The minimum Gasteiger partial charge on any atom is -0.348 e. The molecule has 1 saturated heterocycles. The van der Waals surface area contributed by atoms with Gasteiger partial charge in [-0.3, -0.25) is 4.79 Å². The van der Waals surface area contributed by atoms with Crippen molar-refractivity contribution in [3.05, 3.63) is 35.5 Å². The molecule has 1 unspecified atom stereocenters. The highest BCUT2D eigenvalue weighted by atomic mass is 19.1. The Hall–Kier alpha value is -1.95. The normalized spacial score (nSPS) is 19.6. The van der Waals surface area contributed by atoms with Crippen LogP contribution >= 0.6 is 0 Å². The maximum atomic E-state index is 13.6. The van der Waals surface area contributed by atoms with Gasteiger partial charge in [-0.25, -0.2) is 8.78 Å². The van der Waals surface area contributed by atoms with Crippen molar-refractivity contribution in [2.75, 3.05) is 19.6 Å². The van der Waals surface area contributed by atoms with Gasteiger partial charge in [0.1, 0.15) is 17.3 Å². The summed E-state index contributed by atoms with van der Waals surface area (Å²) < 4.78 is 26.8. The molecule has 1 amide bonds. The fourth-order valence-electron chi connectivity index (χ4n) is 2.57. The summed E-state index contributed by atoms with van der Waals surface area (Å²) in [5.41, 5.74) is 0.455. The summed E-state index contributed by atoms with van der Waals surface area (Å²) in [7, 11) is 0. The first-order valence-electron chi connectivity index (χ1n) is 6.55. The van der Waals surface area contributed by atoms with Gasteiger partial charge in [-0.15, -0.1) is 0 Å². The molecule has 4 nitrogen and oxygen atoms in total. The molecule has 0 bridgehead atoms. The zero-order valence-corrected chi connectivity index (χ0v) is 11.0. The number of hydrogen-bond acceptors (Lipinski definition) is 2. The van der Waals surface area contributed by atoms with Gasteiger partial charge < -0.3 is 15.2 Å². The summed E-state index contributed by atoms with van der Waals surface area (Å²) in [6.45, 7) is 3.94. The molecule has 2 heterocycles. The van der Waals surface area contributed by atoms with E-state index in [-0.39, 0.29) is 17.5 Å². The minimum atomic E-state index is -0.687. The number of rotatable bonds is 1. The first-order chi connectivity index (χ1) is 9.54. The van der Waals surface area contributed by atoms with Gasteiger partial charge in [0.05, 0.1) is 5.52 Å². The fourth-order valence-corrected chi connectivity index (χ4v) is 2.57. The van der Waals surface area contributed by atoms with Gasteiger partial charge in [0.15, 0.2) is 0 Å². The molecule has 20 heavy (non-hydrogen) atoms. The number of nitrogens with one attached hydrogen (secondary N) is 2. The molecule has 0 saturated carbocycles. The SMILES string of the molecule is CC1CN(C(=O)c2cc3cc(F)cc(F)c3[nH]2)CCN1. The zero-order chi connectivity index (χ0) is 14.3. The Balaban J connectivity index is 1.93. The van der Waals surface area contributed by atoms with Crippen molar-refractivity contribution in [3.63, 3.8) is 0 Å². The van der Waals surface area contributed by atoms with Gasteiger partial charge in [-0.1, -0.05) is 0 Å². The third-order valence-electron chi connectivity index (χ3n) is 3.53. The molecule has 2 aromatic rings. The first kappa shape index (κ1) is 13.1. The summed E-state index contributed by atoms with van der Waals surface area (Å²) in [5.74, 6) is -1.52. The number of halogens is 2. The number of piperazine rings is 1. The van der Waals surface area contributed by atoms with Crippen LogP contribution in [0, 0.1) is 11.6 Å². The Bertz CT molecular complexity index is 668. The molecule has 1 aromatic carbocycles. The van der Waals surface area contributed by atoms with E-state index in [0.29, 0.717) is 24.2 Å². The van der Waals surface area contributed by atoms with Crippen LogP contribution in [0.2, 0.25) is 0 Å². The standard InChI is InChI=1S/C14H15F2N3O/c1-8-7-19(3-2-17-8)14(20)12-5-9-4-10(15)6-11(16)13(9)18-12/h4-6,8,17-18H,2-3,7H2,1H3. The summed E-state index contributed by atoms with van der Waals surface area (Å²) in [5, 5.41) is 3.62. The molecular formula is C14H15F2N3O. The largest absolute Gasteiger partial charge is 0.348 e. The molecule has 1 atom stereocenters. The number of hydrogen-bond donors (Lipinski definition) is 2. The molecule has 1 aliphatic rings. The summed E-state index contributed by atoms with van der Waals surface area (Å²) in [6, 6.07) is 3.74. The van der Waals surface area contributed by atoms with E-state index >= 15 is 0 Å². The number of aromatic amines is 1. The van der Waals surface area contributed by atoms with Gasteiger partial charge >= 0.3 is 0 Å². The van der Waals surface area contributed by atoms with E-state index in [1.54, 1.807) is 4.90 Å². The van der Waals surface area contributed by atoms with Gasteiger partial charge in [0, 0.05) is 37.1 Å². The van der Waals surface area contributed by atoms with Crippen molar-refractivity contribution in [1.82, 2.24) is 15.2 Å². The number of aromatic nitrogens is 1. The molecule has 0 radical (unpaired) electrons. The van der Waals surface area contributed by atoms with Gasteiger partial charge in [0.25, 0.3) is 5.91 Å². The predicted molar refractivity (Wildman–Crippen MR) is 71.6 cm³/mol. The smallest absolute Gasteiger partial charge is 0.270 e. The van der Waals surface area contributed by atoms with E-state index in [4.69, 9.17) is 0 Å². The van der Waals surface area contributed by atoms with Crippen molar-refractivity contribution in [1.29, 1.82) is 0 Å². The molecule has 1 aromatic heterocycles. The van der Waals surface area contributed by atoms with Crippen LogP contribution in [0.15, 0.2) is 18.2 Å². The number of nitrogens with zero attached hydrogens (tertiary/aromatic N) is 1. The van der Waals surface area contributed by atoms with Crippen LogP contribution in [0.5, 0.6) is 0 Å². The quantitative estimate of drug-likeness (QED) is 0.837. The maximum Gasteiger partial charge on any atom is 0.270 e. The summed E-state index contributed by atoms with van der Waals surface area (Å²) >= 11 is 0. The maximum absolute atomic E-state index is 13.6. The van der Waals surface area contributed by atoms with Crippen LogP contribution in [0.1, 0.15) is 17.4 Å². The lowest BCUT2D eigenvalue weighted by Crippen LogP contribution is -2.51. The third-order valence-corrected chi connectivity index (χ3v) is 3.53. The Kier molecular flexibility index (Phi) is 3.17. The number of carbonyl (C=O) groups excluding carboxylic acids is 1. The second kappa shape index (κ2) is 4.86. The number of fused-ring (bicyclic) bond motifs is 1. The van der Waals surface area contributed by atoms with Crippen LogP contribution in [0.4, 0.5) is 8.78 Å². The topological polar surface area (TPSA) is 48.1 Å². The Morgan fingerprint density at radius 3 is 2.90 bits per heavy atom. The van der Waals surface area contributed by atoms with Crippen molar-refractivity contribution in [3.8, 4) is 0 Å². The summed E-state index contributed by atoms with van der Waals surface area (Å²) in [4.78, 5) is 16.8. The average Bonchev–Trinajstić information content (AvgIpc) is 2.82. The summed E-state index contributed by atoms with van der Waals surface area (Å²) in [6.07, 6.45) is 0. The zero-order valence-electron chi connectivity index (χ0n) is 11.0. The molecule has 1 fully saturated rings. The van der Waals surface area contributed by atoms with Crippen LogP contribution in [-0.4, -0.2) is 41.5 Å². The lowest BCUT2D eigenvalue weighted by Gasteiger charge is -2.31. The lowest BCUT2D eigenvalue weighted by molar-refractivity contribution is 0.0704. The highest BCUT2D eigenvalue weighted by Crippen LogP contribution is 2.21. The monoisotopic (exact) mass is 279 g/mol. The molecule has 0 aliphatic carbocycles. The van der Waals surface area contributed by atoms with E-state index in [1.165, 1.54) is 12.1 Å². The highest BCUT2D eigenvalue weighted by Gasteiger charge is 2.23. The third kappa shape index (κ3) is 2.27. The van der Waals surface area contributed by atoms with Crippen molar-refractivity contribution in [2.24, 2.45) is 0 Å².